The lowest BCUT2D eigenvalue weighted by Gasteiger charge is -2.12. The van der Waals surface area contributed by atoms with Crippen molar-refractivity contribution in [1.82, 2.24) is 20.3 Å². The van der Waals surface area contributed by atoms with Crippen molar-refractivity contribution in [1.29, 1.82) is 0 Å². The maximum absolute atomic E-state index is 13.7. The van der Waals surface area contributed by atoms with E-state index < -0.39 is 29.3 Å². The van der Waals surface area contributed by atoms with Crippen molar-refractivity contribution >= 4 is 5.91 Å². The fourth-order valence-electron chi connectivity index (χ4n) is 2.79. The van der Waals surface area contributed by atoms with Gasteiger partial charge in [-0.15, -0.1) is 5.10 Å². The molecule has 0 aliphatic carbocycles. The van der Waals surface area contributed by atoms with Gasteiger partial charge >= 0.3 is 6.18 Å². The molecule has 6 nitrogen and oxygen atoms in total. The number of hydrogen-bond acceptors (Lipinski definition) is 4. The van der Waals surface area contributed by atoms with Crippen LogP contribution in [0.5, 0.6) is 0 Å². The average Bonchev–Trinajstić information content (AvgIpc) is 3.17. The zero-order chi connectivity index (χ0) is 21.7. The summed E-state index contributed by atoms with van der Waals surface area (Å²) in [5.41, 5.74) is -0.759. The number of hydrogen-bond donors (Lipinski definition) is 1. The van der Waals surface area contributed by atoms with E-state index in [9.17, 15) is 22.4 Å². The molecule has 10 heteroatoms. The van der Waals surface area contributed by atoms with Crippen LogP contribution in [-0.2, 0) is 24.1 Å². The molecule has 3 aromatic rings. The molecule has 0 atom stereocenters. The van der Waals surface area contributed by atoms with E-state index >= 15 is 0 Å². The Hall–Kier alpha value is -3.27. The van der Waals surface area contributed by atoms with Gasteiger partial charge in [0.15, 0.2) is 11.4 Å². The second kappa shape index (κ2) is 9.04. The molecule has 1 aromatic heterocycles. The molecule has 2 aromatic carbocycles. The molecule has 0 aliphatic heterocycles. The predicted octanol–water partition coefficient (Wildman–Crippen LogP) is 3.89. The topological polar surface area (TPSA) is 69.0 Å². The lowest BCUT2D eigenvalue weighted by Crippen LogP contribution is -2.27. The van der Waals surface area contributed by atoms with Gasteiger partial charge in [0.25, 0.3) is 5.91 Å². The zero-order valence-corrected chi connectivity index (χ0v) is 15.9. The Morgan fingerprint density at radius 2 is 1.77 bits per heavy atom. The minimum absolute atomic E-state index is 0.0111. The van der Waals surface area contributed by atoms with Crippen LogP contribution >= 0.6 is 0 Å². The number of nitrogens with one attached hydrogen (secondary N) is 1. The van der Waals surface area contributed by atoms with E-state index in [0.717, 1.165) is 29.8 Å². The van der Waals surface area contributed by atoms with Crippen LogP contribution in [-0.4, -0.2) is 27.5 Å². The maximum Gasteiger partial charge on any atom is 0.435 e. The normalized spacial score (nSPS) is 11.5. The Balaban J connectivity index is 1.86. The molecule has 3 rings (SSSR count). The monoisotopic (exact) mass is 422 g/mol. The van der Waals surface area contributed by atoms with Gasteiger partial charge in [0.1, 0.15) is 5.82 Å². The van der Waals surface area contributed by atoms with E-state index in [1.807, 2.05) is 13.0 Å². The van der Waals surface area contributed by atoms with Crippen molar-refractivity contribution in [3.63, 3.8) is 0 Å². The maximum atomic E-state index is 13.7. The minimum Gasteiger partial charge on any atom is -0.377 e. The fraction of sp³-hybridized carbons (Fsp3) is 0.250. The molecule has 0 fully saturated rings. The lowest BCUT2D eigenvalue weighted by atomic mass is 10.1. The predicted molar refractivity (Wildman–Crippen MR) is 99.3 cm³/mol. The highest BCUT2D eigenvalue weighted by Crippen LogP contribution is 2.32. The molecule has 0 radical (unpaired) electrons. The van der Waals surface area contributed by atoms with Gasteiger partial charge in [-0.3, -0.25) is 4.79 Å². The summed E-state index contributed by atoms with van der Waals surface area (Å²) < 4.78 is 59.9. The summed E-state index contributed by atoms with van der Waals surface area (Å²) in [5, 5.41) is 9.34. The van der Waals surface area contributed by atoms with Crippen molar-refractivity contribution in [2.24, 2.45) is 0 Å². The number of alkyl halides is 3. The number of benzene rings is 2. The highest BCUT2D eigenvalue weighted by Gasteiger charge is 2.42. The first-order chi connectivity index (χ1) is 14.3. The second-order valence-corrected chi connectivity index (χ2v) is 6.26. The standard InChI is InChI=1S/C20H18F4N4O2/c1-2-30-12-14-6-4-3-5-13(14)11-25-19(29)17-18(20(22,23)24)28(27-26-17)16-9-7-15(21)8-10-16/h3-10H,2,11-12H2,1H3,(H,25,29). The van der Waals surface area contributed by atoms with Crippen LogP contribution in [0.1, 0.15) is 34.2 Å². The molecule has 0 saturated carbocycles. The average molecular weight is 422 g/mol. The third-order valence-electron chi connectivity index (χ3n) is 4.24. The molecule has 0 spiro atoms. The van der Waals surface area contributed by atoms with Crippen LogP contribution in [0, 0.1) is 5.82 Å². The number of carbonyl (C=O) groups excluding carboxylic acids is 1. The zero-order valence-electron chi connectivity index (χ0n) is 15.9. The first-order valence-electron chi connectivity index (χ1n) is 9.02. The van der Waals surface area contributed by atoms with Crippen LogP contribution < -0.4 is 5.32 Å². The molecule has 1 amide bonds. The molecule has 0 unspecified atom stereocenters. The summed E-state index contributed by atoms with van der Waals surface area (Å²) in [7, 11) is 0. The SMILES string of the molecule is CCOCc1ccccc1CNC(=O)c1nnn(-c2ccc(F)cc2)c1C(F)(F)F. The summed E-state index contributed by atoms with van der Waals surface area (Å²) in [6.45, 7) is 2.65. The van der Waals surface area contributed by atoms with E-state index in [0.29, 0.717) is 23.5 Å². The van der Waals surface area contributed by atoms with Gasteiger partial charge < -0.3 is 10.1 Å². The number of carbonyl (C=O) groups is 1. The first-order valence-corrected chi connectivity index (χ1v) is 9.02. The summed E-state index contributed by atoms with van der Waals surface area (Å²) in [5.74, 6) is -1.64. The lowest BCUT2D eigenvalue weighted by molar-refractivity contribution is -0.143. The van der Waals surface area contributed by atoms with Gasteiger partial charge in [-0.1, -0.05) is 29.5 Å². The van der Waals surface area contributed by atoms with Crippen LogP contribution in [0.15, 0.2) is 48.5 Å². The van der Waals surface area contributed by atoms with Gasteiger partial charge in [0, 0.05) is 13.2 Å². The Morgan fingerprint density at radius 1 is 1.10 bits per heavy atom. The van der Waals surface area contributed by atoms with Gasteiger partial charge in [-0.2, -0.15) is 13.2 Å². The van der Waals surface area contributed by atoms with Gasteiger partial charge in [-0.05, 0) is 42.3 Å². The number of ether oxygens (including phenoxy) is 1. The van der Waals surface area contributed by atoms with Gasteiger partial charge in [-0.25, -0.2) is 9.07 Å². The Labute approximate surface area is 169 Å². The van der Waals surface area contributed by atoms with E-state index in [2.05, 4.69) is 15.6 Å². The highest BCUT2D eigenvalue weighted by molar-refractivity contribution is 5.93. The van der Waals surface area contributed by atoms with Crippen molar-refractivity contribution < 1.29 is 27.1 Å². The number of halogens is 4. The van der Waals surface area contributed by atoms with E-state index in [4.69, 9.17) is 4.74 Å². The van der Waals surface area contributed by atoms with Crippen molar-refractivity contribution in [3.8, 4) is 5.69 Å². The number of rotatable bonds is 7. The van der Waals surface area contributed by atoms with Crippen LogP contribution in [0.25, 0.3) is 5.69 Å². The summed E-state index contributed by atoms with van der Waals surface area (Å²) in [4.78, 5) is 12.5. The quantitative estimate of drug-likeness (QED) is 0.587. The Bertz CT molecular complexity index is 1020. The number of amides is 1. The number of aromatic nitrogens is 3. The molecule has 0 saturated heterocycles. The summed E-state index contributed by atoms with van der Waals surface area (Å²) in [6, 6.07) is 11.3. The van der Waals surface area contributed by atoms with Crippen molar-refractivity contribution in [3.05, 3.63) is 76.9 Å². The second-order valence-electron chi connectivity index (χ2n) is 6.26. The van der Waals surface area contributed by atoms with Crippen molar-refractivity contribution in [2.45, 2.75) is 26.3 Å². The van der Waals surface area contributed by atoms with Gasteiger partial charge in [0.2, 0.25) is 0 Å². The van der Waals surface area contributed by atoms with Crippen LogP contribution in [0.4, 0.5) is 17.6 Å². The molecule has 158 valence electrons. The van der Waals surface area contributed by atoms with Crippen LogP contribution in [0.2, 0.25) is 0 Å². The third kappa shape index (κ3) is 4.82. The molecule has 0 bridgehead atoms. The van der Waals surface area contributed by atoms with E-state index in [-0.39, 0.29) is 12.2 Å². The molecule has 30 heavy (non-hydrogen) atoms. The smallest absolute Gasteiger partial charge is 0.377 e. The molecular weight excluding hydrogens is 404 g/mol. The fourth-order valence-corrected chi connectivity index (χ4v) is 2.79. The Kier molecular flexibility index (Phi) is 6.46. The van der Waals surface area contributed by atoms with Crippen molar-refractivity contribution in [2.75, 3.05) is 6.61 Å². The van der Waals surface area contributed by atoms with Crippen LogP contribution in [0.3, 0.4) is 0 Å². The molecule has 1 N–H and O–H groups in total. The summed E-state index contributed by atoms with van der Waals surface area (Å²) in [6.07, 6.45) is -4.91. The highest BCUT2D eigenvalue weighted by atomic mass is 19.4. The molecular formula is C20H18F4N4O2. The van der Waals surface area contributed by atoms with E-state index in [1.54, 1.807) is 18.2 Å². The third-order valence-corrected chi connectivity index (χ3v) is 4.24. The number of nitrogens with zero attached hydrogens (tertiary/aromatic N) is 3. The summed E-state index contributed by atoms with van der Waals surface area (Å²) >= 11 is 0. The molecule has 0 aliphatic rings. The molecule has 1 heterocycles. The Morgan fingerprint density at radius 3 is 2.40 bits per heavy atom. The largest absolute Gasteiger partial charge is 0.435 e. The van der Waals surface area contributed by atoms with Gasteiger partial charge in [0.05, 0.1) is 12.3 Å². The minimum atomic E-state index is -4.91. The van der Waals surface area contributed by atoms with E-state index in [1.165, 1.54) is 0 Å². The first kappa shape index (κ1) is 21.4.